The monoisotopic (exact) mass is 658 g/mol. The highest BCUT2D eigenvalue weighted by Crippen LogP contribution is 2.40. The molecule has 2 N–H and O–H groups in total. The van der Waals surface area contributed by atoms with E-state index in [1.54, 1.807) is 30.3 Å². The van der Waals surface area contributed by atoms with Crippen LogP contribution in [0.15, 0.2) is 103 Å². The van der Waals surface area contributed by atoms with E-state index in [0.717, 1.165) is 36.4 Å². The van der Waals surface area contributed by atoms with E-state index in [0.29, 0.717) is 5.56 Å². The molecule has 0 atom stereocenters. The highest BCUT2D eigenvalue weighted by atomic mass is 19.4. The maximum Gasteiger partial charge on any atom is 0.573 e. The fraction of sp³-hybridized carbons (Fsp3) is 0.194. The molecule has 4 rings (SSSR count). The van der Waals surface area contributed by atoms with Crippen LogP contribution in [0.25, 0.3) is 0 Å². The van der Waals surface area contributed by atoms with E-state index in [-0.39, 0.29) is 23.2 Å². The predicted octanol–water partition coefficient (Wildman–Crippen LogP) is 8.73. The topological polar surface area (TPSA) is 68.8 Å². The first-order chi connectivity index (χ1) is 21.5. The summed E-state index contributed by atoms with van der Waals surface area (Å²) in [5, 5.41) is 4.90. The number of ether oxygens (including phenoxy) is 3. The smallest absolute Gasteiger partial charge is 0.406 e. The molecule has 46 heavy (non-hydrogen) atoms. The Kier molecular flexibility index (Phi) is 9.92. The molecule has 15 heteroatoms. The summed E-state index contributed by atoms with van der Waals surface area (Å²) < 4.78 is 129. The van der Waals surface area contributed by atoms with Crippen molar-refractivity contribution in [1.29, 1.82) is 0 Å². The van der Waals surface area contributed by atoms with Gasteiger partial charge in [-0.1, -0.05) is 60.7 Å². The Balaban J connectivity index is 1.78. The Morgan fingerprint density at radius 2 is 1.02 bits per heavy atom. The van der Waals surface area contributed by atoms with Crippen molar-refractivity contribution in [2.75, 3.05) is 11.9 Å². The van der Waals surface area contributed by atoms with Gasteiger partial charge in [0.05, 0.1) is 0 Å². The molecule has 0 spiro atoms. The van der Waals surface area contributed by atoms with E-state index in [2.05, 4.69) is 24.8 Å². The minimum atomic E-state index is -5.07. The third kappa shape index (κ3) is 9.97. The Labute approximate surface area is 255 Å². The number of carbonyl (C=O) groups excluding carboxylic acids is 1. The van der Waals surface area contributed by atoms with Crippen LogP contribution in [-0.4, -0.2) is 31.7 Å². The first-order valence-corrected chi connectivity index (χ1v) is 13.2. The highest BCUT2D eigenvalue weighted by Gasteiger charge is 2.38. The average molecular weight is 659 g/mol. The van der Waals surface area contributed by atoms with Crippen LogP contribution in [0.3, 0.4) is 0 Å². The van der Waals surface area contributed by atoms with Crippen LogP contribution in [-0.2, 0) is 11.8 Å². The average Bonchev–Trinajstić information content (AvgIpc) is 2.93. The van der Waals surface area contributed by atoms with Crippen molar-refractivity contribution in [3.8, 4) is 17.2 Å². The van der Waals surface area contributed by atoms with Crippen molar-refractivity contribution in [3.63, 3.8) is 0 Å². The van der Waals surface area contributed by atoms with Crippen LogP contribution >= 0.6 is 0 Å². The lowest BCUT2D eigenvalue weighted by Crippen LogP contribution is -2.44. The summed E-state index contributed by atoms with van der Waals surface area (Å²) in [6, 6.07) is 21.3. The van der Waals surface area contributed by atoms with Crippen LogP contribution in [0.1, 0.15) is 16.7 Å². The van der Waals surface area contributed by atoms with Gasteiger partial charge in [-0.15, -0.1) is 39.5 Å². The van der Waals surface area contributed by atoms with Crippen molar-refractivity contribution in [1.82, 2.24) is 5.32 Å². The van der Waals surface area contributed by atoms with Gasteiger partial charge in [0.25, 0.3) is 0 Å². The van der Waals surface area contributed by atoms with Crippen LogP contribution < -0.4 is 24.8 Å². The summed E-state index contributed by atoms with van der Waals surface area (Å²) in [6.45, 7) is -0.433. The Morgan fingerprint density at radius 1 is 0.565 bits per heavy atom. The van der Waals surface area contributed by atoms with E-state index in [4.69, 9.17) is 0 Å². The van der Waals surface area contributed by atoms with Gasteiger partial charge in [0.1, 0.15) is 17.2 Å². The van der Waals surface area contributed by atoms with Crippen LogP contribution in [0.2, 0.25) is 0 Å². The molecule has 6 nitrogen and oxygen atoms in total. The van der Waals surface area contributed by atoms with E-state index >= 15 is 0 Å². The zero-order valence-electron chi connectivity index (χ0n) is 23.3. The van der Waals surface area contributed by atoms with Crippen LogP contribution in [0.5, 0.6) is 17.2 Å². The lowest BCUT2D eigenvalue weighted by Gasteiger charge is -2.36. The number of halogens is 9. The third-order valence-electron chi connectivity index (χ3n) is 6.47. The Bertz CT molecular complexity index is 1570. The van der Waals surface area contributed by atoms with Crippen molar-refractivity contribution < 1.29 is 58.5 Å². The minimum absolute atomic E-state index is 0.0615. The Morgan fingerprint density at radius 3 is 1.50 bits per heavy atom. The molecular formula is C31H23F9N2O4. The molecule has 244 valence electrons. The summed E-state index contributed by atoms with van der Waals surface area (Å²) in [6.07, 6.45) is -15.2. The Hall–Kier alpha value is -5.08. The first kappa shape index (κ1) is 33.8. The number of benzene rings is 4. The van der Waals surface area contributed by atoms with Gasteiger partial charge in [-0.25, -0.2) is 4.79 Å². The number of anilines is 1. The van der Waals surface area contributed by atoms with E-state index in [9.17, 15) is 44.3 Å². The van der Waals surface area contributed by atoms with Gasteiger partial charge in [-0.05, 0) is 59.5 Å². The number of alkyl halides is 9. The predicted molar refractivity (Wildman–Crippen MR) is 147 cm³/mol. The van der Waals surface area contributed by atoms with E-state index in [1.165, 1.54) is 36.4 Å². The first-order valence-electron chi connectivity index (χ1n) is 13.2. The maximum atomic E-state index is 13.1. The standard InChI is InChI=1S/C31H23F9N2O4/c32-29(33,34)44-24-12-4-9-21(15-24)28(18-20-7-2-1-3-8-20,22-10-5-13-25(16-22)45-30(35,36)37)19-41-27(43)42-23-11-6-14-26(17-23)46-31(38,39)40/h1-17H,18-19H2,(H2,41,42,43). The van der Waals surface area contributed by atoms with Gasteiger partial charge >= 0.3 is 25.1 Å². The number of hydrogen-bond donors (Lipinski definition) is 2. The molecule has 0 aliphatic rings. The van der Waals surface area contributed by atoms with E-state index in [1.807, 2.05) is 0 Å². The number of carbonyl (C=O) groups is 1. The molecule has 0 saturated carbocycles. The highest BCUT2D eigenvalue weighted by molar-refractivity contribution is 5.89. The molecule has 0 heterocycles. The fourth-order valence-corrected chi connectivity index (χ4v) is 4.74. The third-order valence-corrected chi connectivity index (χ3v) is 6.47. The second-order valence-corrected chi connectivity index (χ2v) is 9.78. The summed E-state index contributed by atoms with van der Waals surface area (Å²) in [5.41, 5.74) is -0.845. The number of hydrogen-bond acceptors (Lipinski definition) is 4. The molecule has 0 radical (unpaired) electrons. The summed E-state index contributed by atoms with van der Waals surface area (Å²) in [4.78, 5) is 13.0. The van der Waals surface area contributed by atoms with Gasteiger partial charge in [0, 0.05) is 23.7 Å². The molecule has 0 aliphatic heterocycles. The van der Waals surface area contributed by atoms with E-state index < -0.39 is 54.3 Å². The largest absolute Gasteiger partial charge is 0.573 e. The van der Waals surface area contributed by atoms with Gasteiger partial charge in [-0.3, -0.25) is 0 Å². The molecule has 0 aromatic heterocycles. The molecule has 2 amide bonds. The lowest BCUT2D eigenvalue weighted by molar-refractivity contribution is -0.275. The quantitative estimate of drug-likeness (QED) is 0.167. The molecule has 0 saturated heterocycles. The molecule has 4 aromatic rings. The minimum Gasteiger partial charge on any atom is -0.406 e. The summed E-state index contributed by atoms with van der Waals surface area (Å²) in [5.74, 6) is -1.88. The molecular weight excluding hydrogens is 635 g/mol. The SMILES string of the molecule is O=C(NCC(Cc1ccccc1)(c1cccc(OC(F)(F)F)c1)c1cccc(OC(F)(F)F)c1)Nc1cccc(OC(F)(F)F)c1. The zero-order chi connectivity index (χ0) is 33.6. The normalized spacial score (nSPS) is 12.3. The van der Waals surface area contributed by atoms with Crippen molar-refractivity contribution in [3.05, 3.63) is 120 Å². The van der Waals surface area contributed by atoms with Crippen LogP contribution in [0, 0.1) is 0 Å². The maximum absolute atomic E-state index is 13.1. The van der Waals surface area contributed by atoms with Crippen molar-refractivity contribution in [2.45, 2.75) is 30.9 Å². The second kappa shape index (κ2) is 13.5. The molecule has 0 unspecified atom stereocenters. The lowest BCUT2D eigenvalue weighted by atomic mass is 9.70. The number of nitrogens with one attached hydrogen (secondary N) is 2. The number of urea groups is 1. The second-order valence-electron chi connectivity index (χ2n) is 9.78. The number of amides is 2. The van der Waals surface area contributed by atoms with Gasteiger partial charge in [0.2, 0.25) is 0 Å². The van der Waals surface area contributed by atoms with Crippen LogP contribution in [0.4, 0.5) is 50.0 Å². The fourth-order valence-electron chi connectivity index (χ4n) is 4.74. The van der Waals surface area contributed by atoms with Crippen molar-refractivity contribution in [2.24, 2.45) is 0 Å². The number of rotatable bonds is 10. The molecule has 0 aliphatic carbocycles. The summed E-state index contributed by atoms with van der Waals surface area (Å²) >= 11 is 0. The zero-order valence-corrected chi connectivity index (χ0v) is 23.3. The summed E-state index contributed by atoms with van der Waals surface area (Å²) in [7, 11) is 0. The molecule has 4 aromatic carbocycles. The van der Waals surface area contributed by atoms with Gasteiger partial charge in [0.15, 0.2) is 0 Å². The molecule has 0 bridgehead atoms. The van der Waals surface area contributed by atoms with Gasteiger partial charge < -0.3 is 24.8 Å². The molecule has 0 fully saturated rings. The van der Waals surface area contributed by atoms with Crippen molar-refractivity contribution >= 4 is 11.7 Å². The van der Waals surface area contributed by atoms with Gasteiger partial charge in [-0.2, -0.15) is 0 Å².